The van der Waals surface area contributed by atoms with Crippen molar-refractivity contribution in [1.29, 1.82) is 0 Å². The average Bonchev–Trinajstić information content (AvgIpc) is 4.10. The zero-order valence-electron chi connectivity index (χ0n) is 42.6. The van der Waals surface area contributed by atoms with E-state index in [0.29, 0.717) is 37.8 Å². The molecule has 0 radical (unpaired) electrons. The Morgan fingerprint density at radius 3 is 1.12 bits per heavy atom. The maximum atomic E-state index is 14.2. The van der Waals surface area contributed by atoms with Gasteiger partial charge in [0.1, 0.15) is 12.1 Å². The molecule has 13 heteroatoms. The van der Waals surface area contributed by atoms with Crippen LogP contribution < -0.4 is 18.9 Å². The van der Waals surface area contributed by atoms with Crippen LogP contribution >= 0.6 is 0 Å². The molecule has 0 aliphatic carbocycles. The van der Waals surface area contributed by atoms with Crippen molar-refractivity contribution in [1.82, 2.24) is 19.6 Å². The second-order valence-electron chi connectivity index (χ2n) is 19.7. The smallest absolute Gasteiger partial charge is 0.870 e. The van der Waals surface area contributed by atoms with E-state index in [1.54, 1.807) is 9.80 Å². The minimum atomic E-state index is -0.919. The molecule has 4 N–H and O–H groups in total. The van der Waals surface area contributed by atoms with Gasteiger partial charge in [-0.2, -0.15) is 0 Å². The molecule has 382 valence electrons. The molecule has 10 rings (SSSR count). The maximum Gasteiger partial charge on any atom is 1.00 e. The predicted molar refractivity (Wildman–Crippen MR) is 282 cm³/mol. The van der Waals surface area contributed by atoms with Gasteiger partial charge in [-0.15, -0.1) is 0 Å². The number of benzene rings is 6. The van der Waals surface area contributed by atoms with Crippen LogP contribution in [0.5, 0.6) is 0 Å². The van der Waals surface area contributed by atoms with E-state index in [4.69, 9.17) is 4.74 Å². The molecular weight excluding hydrogens is 924 g/mol. The van der Waals surface area contributed by atoms with Crippen molar-refractivity contribution in [2.45, 2.75) is 86.4 Å². The zero-order valence-corrected chi connectivity index (χ0v) is 42.6. The number of carbonyl (C=O) groups excluding carboxylic acids is 3. The number of hydrogen-bond acceptors (Lipinski definition) is 8. The molecule has 4 heterocycles. The summed E-state index contributed by atoms with van der Waals surface area (Å²) < 4.78 is 5.18. The Hall–Kier alpha value is -6.36. The molecule has 4 aliphatic heterocycles. The Bertz CT molecular complexity index is 2590. The molecule has 6 aromatic carbocycles. The van der Waals surface area contributed by atoms with Crippen LogP contribution in [0.2, 0.25) is 0 Å². The van der Waals surface area contributed by atoms with E-state index >= 15 is 0 Å². The van der Waals surface area contributed by atoms with Crippen LogP contribution in [-0.4, -0.2) is 130 Å². The summed E-state index contributed by atoms with van der Waals surface area (Å²) in [5.41, 5.74) is 6.35. The number of hydrogen-bond donors (Lipinski definition) is 1. The topological polar surface area (TPSA) is 172 Å². The molecule has 4 aliphatic rings. The van der Waals surface area contributed by atoms with Crippen molar-refractivity contribution in [2.24, 2.45) is 0 Å². The van der Waals surface area contributed by atoms with E-state index in [1.807, 2.05) is 127 Å². The van der Waals surface area contributed by atoms with Gasteiger partial charge in [-0.1, -0.05) is 182 Å². The third kappa shape index (κ3) is 13.3. The summed E-state index contributed by atoms with van der Waals surface area (Å²) in [5.74, 6) is -1.48. The number of carboxylic acid groups (broad SMARTS) is 1. The normalized spacial score (nSPS) is 21.8. The molecule has 0 saturated carbocycles. The van der Waals surface area contributed by atoms with Gasteiger partial charge in [-0.25, -0.2) is 9.59 Å². The largest absolute Gasteiger partial charge is 1.00 e. The Labute approximate surface area is 448 Å². The monoisotopic (exact) mass is 993 g/mol. The molecule has 74 heavy (non-hydrogen) atoms. The second-order valence-corrected chi connectivity index (χ2v) is 19.7. The SMILES string of the molecule is COC(=O)[C@@H]1C[C@H](N2CCC[C@@H](c3ccccc3)C2)CN1C(=O)C(c1ccccc1)c1ccccc1.O.O=C(O)[C@@H]1C[C@H](N2CCC[C@@H](c3ccccc3)C2)CN1C(=O)C(c1ccccc1)c1ccccc1.[Li+].[OH-]. The van der Waals surface area contributed by atoms with E-state index < -0.39 is 29.9 Å². The Morgan fingerprint density at radius 2 is 0.797 bits per heavy atom. The van der Waals surface area contributed by atoms with Crippen LogP contribution in [0.3, 0.4) is 0 Å². The van der Waals surface area contributed by atoms with Crippen LogP contribution in [0.15, 0.2) is 182 Å². The van der Waals surface area contributed by atoms with Gasteiger partial charge in [0.15, 0.2) is 0 Å². The minimum Gasteiger partial charge on any atom is -0.870 e. The second kappa shape index (κ2) is 27.3. The van der Waals surface area contributed by atoms with Crippen molar-refractivity contribution in [3.8, 4) is 0 Å². The number of methoxy groups -OCH3 is 1. The molecule has 0 bridgehead atoms. The van der Waals surface area contributed by atoms with E-state index in [2.05, 4.69) is 64.4 Å². The number of likely N-dealkylation sites (tertiary alicyclic amines) is 4. The standard InChI is InChI=1S/C31H34N2O3.C30H32N2O3.Li.2H2O/c1-36-31(35)28-20-27(32-19-11-18-26(21-32)23-12-5-2-6-13-23)22-33(28)30(34)29(24-14-7-3-8-15-24)25-16-9-4-10-17-25;33-29(28(23-13-6-2-7-14-23)24-15-8-3-9-16-24)32-21-26(19-27(32)30(34)35)31-18-10-17-25(20-31)22-11-4-1-5-12-22;;;/h2-10,12-17,26-29H,11,18-22H2,1H3;1-9,11-16,25-28H,10,17-21H2,(H,34,35);;2*1H2/q;;+1;;/p-1/t26-,27+,28+;25-,26+,27+;;;/m11.../s1. The fourth-order valence-corrected chi connectivity index (χ4v) is 11.8. The molecule has 4 saturated heterocycles. The Morgan fingerprint density at radius 1 is 0.486 bits per heavy atom. The van der Waals surface area contributed by atoms with E-state index in [0.717, 1.165) is 67.7 Å². The third-order valence-electron chi connectivity index (χ3n) is 15.4. The minimum absolute atomic E-state index is 0. The number of esters is 1. The number of carboxylic acids is 1. The first-order valence-electron chi connectivity index (χ1n) is 25.5. The van der Waals surface area contributed by atoms with Crippen LogP contribution in [0.25, 0.3) is 0 Å². The zero-order chi connectivity index (χ0) is 49.1. The van der Waals surface area contributed by atoms with Gasteiger partial charge in [-0.3, -0.25) is 19.4 Å². The van der Waals surface area contributed by atoms with Gasteiger partial charge in [0.05, 0.1) is 18.9 Å². The molecule has 4 fully saturated rings. The number of piperidine rings is 2. The summed E-state index contributed by atoms with van der Waals surface area (Å²) in [5, 5.41) is 10.1. The first kappa shape index (κ1) is 56.9. The number of amides is 2. The first-order chi connectivity index (χ1) is 34.8. The summed E-state index contributed by atoms with van der Waals surface area (Å²) in [6.45, 7) is 4.78. The molecule has 6 atom stereocenters. The van der Waals surface area contributed by atoms with Gasteiger partial charge in [-0.05, 0) is 96.8 Å². The summed E-state index contributed by atoms with van der Waals surface area (Å²) in [4.78, 5) is 61.8. The number of ether oxygens (including phenoxy) is 1. The van der Waals surface area contributed by atoms with Crippen molar-refractivity contribution in [3.63, 3.8) is 0 Å². The number of nitrogens with zero attached hydrogens (tertiary/aromatic N) is 4. The van der Waals surface area contributed by atoms with Crippen LogP contribution in [0, 0.1) is 0 Å². The van der Waals surface area contributed by atoms with Crippen molar-refractivity contribution >= 4 is 23.8 Å². The van der Waals surface area contributed by atoms with Gasteiger partial charge in [0.25, 0.3) is 0 Å². The van der Waals surface area contributed by atoms with Gasteiger partial charge < -0.3 is 30.6 Å². The summed E-state index contributed by atoms with van der Waals surface area (Å²) in [7, 11) is 1.41. The molecule has 2 amide bonds. The average molecular weight is 993 g/mol. The fraction of sp³-hybridized carbons (Fsp3) is 0.344. The summed E-state index contributed by atoms with van der Waals surface area (Å²) in [6.07, 6.45) is 5.58. The van der Waals surface area contributed by atoms with Gasteiger partial charge >= 0.3 is 30.8 Å². The van der Waals surface area contributed by atoms with E-state index in [-0.39, 0.29) is 59.7 Å². The molecule has 0 unspecified atom stereocenters. The quantitative estimate of drug-likeness (QED) is 0.121. The number of carbonyl (C=O) groups is 4. The third-order valence-corrected chi connectivity index (χ3v) is 15.4. The molecule has 12 nitrogen and oxygen atoms in total. The maximum absolute atomic E-state index is 14.2. The Balaban J connectivity index is 0.000000232. The van der Waals surface area contributed by atoms with Crippen molar-refractivity contribution in [2.75, 3.05) is 46.4 Å². The van der Waals surface area contributed by atoms with Gasteiger partial charge in [0, 0.05) is 38.3 Å². The first-order valence-corrected chi connectivity index (χ1v) is 25.5. The Kier molecular flexibility index (Phi) is 21.0. The van der Waals surface area contributed by atoms with Crippen molar-refractivity contribution < 1.29 is 58.8 Å². The van der Waals surface area contributed by atoms with Crippen LogP contribution in [-0.2, 0) is 23.9 Å². The summed E-state index contributed by atoms with van der Waals surface area (Å²) in [6, 6.07) is 59.2. The van der Waals surface area contributed by atoms with E-state index in [9.17, 15) is 24.3 Å². The van der Waals surface area contributed by atoms with Crippen molar-refractivity contribution in [3.05, 3.63) is 215 Å². The number of rotatable bonds is 12. The van der Waals surface area contributed by atoms with Gasteiger partial charge in [0.2, 0.25) is 11.8 Å². The summed E-state index contributed by atoms with van der Waals surface area (Å²) >= 11 is 0. The molecular formula is C61H69LiN4O8. The van der Waals surface area contributed by atoms with Crippen LogP contribution in [0.1, 0.15) is 95.6 Å². The molecule has 0 spiro atoms. The predicted octanol–water partition coefficient (Wildman–Crippen LogP) is 5.60. The molecule has 6 aromatic rings. The van der Waals surface area contributed by atoms with Crippen LogP contribution in [0.4, 0.5) is 0 Å². The fourth-order valence-electron chi connectivity index (χ4n) is 11.8. The number of aliphatic carboxylic acids is 1. The molecule has 0 aromatic heterocycles. The van der Waals surface area contributed by atoms with E-state index in [1.165, 1.54) is 24.7 Å².